The molecule has 2 heterocycles. The Morgan fingerprint density at radius 3 is 2.91 bits per heavy atom. The summed E-state index contributed by atoms with van der Waals surface area (Å²) >= 11 is 5.08. The first-order valence-corrected chi connectivity index (χ1v) is 8.27. The van der Waals surface area contributed by atoms with Gasteiger partial charge in [-0.05, 0) is 11.4 Å². The van der Waals surface area contributed by atoms with Crippen molar-refractivity contribution in [2.75, 3.05) is 44.8 Å². The molecule has 1 saturated heterocycles. The normalized spacial score (nSPS) is 17.0. The Bertz CT molecular complexity index is 515. The molecule has 22 heavy (non-hydrogen) atoms. The van der Waals surface area contributed by atoms with Crippen molar-refractivity contribution < 1.29 is 19.1 Å². The zero-order valence-corrected chi connectivity index (χ0v) is 13.7. The fourth-order valence-electron chi connectivity index (χ4n) is 1.92. The van der Waals surface area contributed by atoms with E-state index in [4.69, 9.17) is 15.2 Å². The lowest BCUT2D eigenvalue weighted by Gasteiger charge is -2.26. The highest BCUT2D eigenvalue weighted by Crippen LogP contribution is 2.24. The van der Waals surface area contributed by atoms with Crippen LogP contribution >= 0.6 is 24.0 Å². The van der Waals surface area contributed by atoms with E-state index >= 15 is 0 Å². The van der Waals surface area contributed by atoms with Crippen molar-refractivity contribution in [1.82, 2.24) is 4.90 Å². The zero-order valence-electron chi connectivity index (χ0n) is 12.0. The molecule has 1 atom stereocenters. The van der Waals surface area contributed by atoms with Crippen LogP contribution in [0.2, 0.25) is 0 Å². The first-order valence-electron chi connectivity index (χ1n) is 6.87. The SMILES string of the molecule is NC(S)C(=O)Nc1sccc1C(=O)OCCN1CCOCC1. The van der Waals surface area contributed by atoms with Gasteiger partial charge in [0.2, 0.25) is 0 Å². The smallest absolute Gasteiger partial charge is 0.341 e. The van der Waals surface area contributed by atoms with Crippen molar-refractivity contribution in [2.45, 2.75) is 5.37 Å². The number of amides is 1. The van der Waals surface area contributed by atoms with Gasteiger partial charge >= 0.3 is 5.97 Å². The Hall–Kier alpha value is -1.13. The number of nitrogens with two attached hydrogens (primary N) is 1. The largest absolute Gasteiger partial charge is 0.461 e. The number of thiol groups is 1. The molecule has 2 rings (SSSR count). The van der Waals surface area contributed by atoms with E-state index in [1.54, 1.807) is 11.4 Å². The second-order valence-corrected chi connectivity index (χ2v) is 6.16. The lowest BCUT2D eigenvalue weighted by atomic mass is 10.3. The highest BCUT2D eigenvalue weighted by molar-refractivity contribution is 7.81. The molecule has 122 valence electrons. The van der Waals surface area contributed by atoms with E-state index in [1.807, 2.05) is 0 Å². The fourth-order valence-corrected chi connectivity index (χ4v) is 2.77. The minimum atomic E-state index is -0.938. The number of esters is 1. The van der Waals surface area contributed by atoms with Crippen LogP contribution < -0.4 is 11.1 Å². The molecule has 0 radical (unpaired) electrons. The summed E-state index contributed by atoms with van der Waals surface area (Å²) in [4.78, 5) is 25.8. The van der Waals surface area contributed by atoms with Crippen LogP contribution in [0, 0.1) is 0 Å². The number of ether oxygens (including phenoxy) is 2. The first-order chi connectivity index (χ1) is 10.6. The Kier molecular flexibility index (Phi) is 6.65. The molecule has 1 aromatic heterocycles. The summed E-state index contributed by atoms with van der Waals surface area (Å²) in [5.74, 6) is -0.925. The molecule has 0 aromatic carbocycles. The van der Waals surface area contributed by atoms with Crippen LogP contribution in [0.4, 0.5) is 5.00 Å². The molecule has 1 unspecified atom stereocenters. The summed E-state index contributed by atoms with van der Waals surface area (Å²) in [6, 6.07) is 1.61. The van der Waals surface area contributed by atoms with Crippen LogP contribution in [0.1, 0.15) is 10.4 Å². The molecule has 0 saturated carbocycles. The summed E-state index contributed by atoms with van der Waals surface area (Å²) < 4.78 is 10.5. The van der Waals surface area contributed by atoms with Crippen LogP contribution in [0.3, 0.4) is 0 Å². The van der Waals surface area contributed by atoms with Gasteiger partial charge in [-0.2, -0.15) is 12.6 Å². The third-order valence-corrected chi connectivity index (χ3v) is 4.20. The van der Waals surface area contributed by atoms with Crippen molar-refractivity contribution >= 4 is 40.8 Å². The van der Waals surface area contributed by atoms with Gasteiger partial charge in [0.25, 0.3) is 5.91 Å². The maximum absolute atomic E-state index is 12.1. The average molecular weight is 345 g/mol. The minimum absolute atomic E-state index is 0.300. The molecule has 1 fully saturated rings. The molecule has 1 amide bonds. The lowest BCUT2D eigenvalue weighted by molar-refractivity contribution is -0.115. The van der Waals surface area contributed by atoms with E-state index < -0.39 is 17.3 Å². The minimum Gasteiger partial charge on any atom is -0.461 e. The number of hydrogen-bond acceptors (Lipinski definition) is 8. The third-order valence-electron chi connectivity index (χ3n) is 3.13. The standard InChI is InChI=1S/C13H19N3O4S2/c14-10(21)11(17)15-12-9(1-8-22-12)13(18)20-7-4-16-2-5-19-6-3-16/h1,8,10,21H,2-7,14H2,(H,15,17). The summed E-state index contributed by atoms with van der Waals surface area (Å²) in [5, 5.41) is 3.75. The van der Waals surface area contributed by atoms with Crippen LogP contribution in [-0.4, -0.2) is 61.6 Å². The van der Waals surface area contributed by atoms with Gasteiger partial charge < -0.3 is 20.5 Å². The summed E-state index contributed by atoms with van der Waals surface area (Å²) in [5.41, 5.74) is 5.69. The molecule has 0 bridgehead atoms. The number of nitrogens with zero attached hydrogens (tertiary/aromatic N) is 1. The van der Waals surface area contributed by atoms with E-state index in [0.717, 1.165) is 13.1 Å². The molecule has 9 heteroatoms. The van der Waals surface area contributed by atoms with Crippen LogP contribution in [0.5, 0.6) is 0 Å². The number of hydrogen-bond donors (Lipinski definition) is 3. The Morgan fingerprint density at radius 2 is 2.23 bits per heavy atom. The molecule has 1 aromatic rings. The number of morpholine rings is 1. The topological polar surface area (TPSA) is 93.9 Å². The van der Waals surface area contributed by atoms with Crippen molar-refractivity contribution in [2.24, 2.45) is 5.73 Å². The maximum Gasteiger partial charge on any atom is 0.341 e. The number of carbonyl (C=O) groups is 2. The van der Waals surface area contributed by atoms with Gasteiger partial charge in [-0.25, -0.2) is 4.79 Å². The van der Waals surface area contributed by atoms with Gasteiger partial charge in [-0.3, -0.25) is 9.69 Å². The summed E-state index contributed by atoms with van der Waals surface area (Å²) in [6.45, 7) is 4.07. The summed E-state index contributed by atoms with van der Waals surface area (Å²) in [7, 11) is 0. The van der Waals surface area contributed by atoms with E-state index in [0.29, 0.717) is 36.9 Å². The molecule has 0 aliphatic carbocycles. The second kappa shape index (κ2) is 8.49. The van der Waals surface area contributed by atoms with Gasteiger partial charge in [-0.15, -0.1) is 11.3 Å². The van der Waals surface area contributed by atoms with Gasteiger partial charge in [0.05, 0.1) is 18.8 Å². The second-order valence-electron chi connectivity index (χ2n) is 4.69. The highest BCUT2D eigenvalue weighted by atomic mass is 32.1. The zero-order chi connectivity index (χ0) is 15.9. The monoisotopic (exact) mass is 345 g/mol. The van der Waals surface area contributed by atoms with E-state index in [-0.39, 0.29) is 0 Å². The predicted octanol–water partition coefficient (Wildman–Crippen LogP) is 0.390. The molecule has 0 spiro atoms. The fraction of sp³-hybridized carbons (Fsp3) is 0.538. The Morgan fingerprint density at radius 1 is 1.50 bits per heavy atom. The van der Waals surface area contributed by atoms with Crippen molar-refractivity contribution in [3.63, 3.8) is 0 Å². The molecular weight excluding hydrogens is 326 g/mol. The number of carbonyl (C=O) groups excluding carboxylic acids is 2. The number of thiophene rings is 1. The maximum atomic E-state index is 12.1. The van der Waals surface area contributed by atoms with Crippen molar-refractivity contribution in [3.8, 4) is 0 Å². The van der Waals surface area contributed by atoms with E-state index in [9.17, 15) is 9.59 Å². The quantitative estimate of drug-likeness (QED) is 0.392. The molecule has 1 aliphatic heterocycles. The van der Waals surface area contributed by atoms with Crippen LogP contribution in [-0.2, 0) is 14.3 Å². The molecule has 1 aliphatic rings. The third kappa shape index (κ3) is 4.96. The van der Waals surface area contributed by atoms with Crippen LogP contribution in [0.15, 0.2) is 11.4 Å². The van der Waals surface area contributed by atoms with E-state index in [1.165, 1.54) is 11.3 Å². The molecule has 3 N–H and O–H groups in total. The van der Waals surface area contributed by atoms with Crippen molar-refractivity contribution in [1.29, 1.82) is 0 Å². The molecule has 7 nitrogen and oxygen atoms in total. The number of nitrogens with one attached hydrogen (secondary N) is 1. The van der Waals surface area contributed by atoms with Crippen LogP contribution in [0.25, 0.3) is 0 Å². The Balaban J connectivity index is 1.82. The van der Waals surface area contributed by atoms with Gasteiger partial charge in [-0.1, -0.05) is 0 Å². The molecular formula is C13H19N3O4S2. The average Bonchev–Trinajstić information content (AvgIpc) is 2.96. The number of anilines is 1. The van der Waals surface area contributed by atoms with Gasteiger partial charge in [0.15, 0.2) is 0 Å². The first kappa shape index (κ1) is 17.2. The highest BCUT2D eigenvalue weighted by Gasteiger charge is 2.18. The van der Waals surface area contributed by atoms with Gasteiger partial charge in [0.1, 0.15) is 17.0 Å². The summed E-state index contributed by atoms with van der Waals surface area (Å²) in [6.07, 6.45) is 0. The predicted molar refractivity (Wildman–Crippen MR) is 87.5 cm³/mol. The lowest BCUT2D eigenvalue weighted by Crippen LogP contribution is -2.38. The number of rotatable bonds is 6. The van der Waals surface area contributed by atoms with Gasteiger partial charge in [0, 0.05) is 19.6 Å². The Labute approximate surface area is 138 Å². The van der Waals surface area contributed by atoms with Crippen molar-refractivity contribution in [3.05, 3.63) is 17.0 Å². The van der Waals surface area contributed by atoms with E-state index in [2.05, 4.69) is 22.8 Å².